The SMILES string of the molecule is COC(=O)[C@@H]1CC2(CN1C(=O)OCc1ccccc1)SCCCS2. The standard InChI is InChI=1S/C17H21NO4S2/c1-21-15(19)14-10-17(23-8-5-9-24-17)12-18(14)16(20)22-11-13-6-3-2-4-7-13/h2-4,6-7,14H,5,8-12H2,1H3/t14-/m0/s1. The number of hydrogen-bond acceptors (Lipinski definition) is 6. The Morgan fingerprint density at radius 3 is 2.62 bits per heavy atom. The number of hydrogen-bond donors (Lipinski definition) is 0. The van der Waals surface area contributed by atoms with Crippen molar-refractivity contribution in [2.75, 3.05) is 25.2 Å². The maximum atomic E-state index is 12.6. The topological polar surface area (TPSA) is 55.8 Å². The van der Waals surface area contributed by atoms with Crippen LogP contribution in [0.3, 0.4) is 0 Å². The highest BCUT2D eigenvalue weighted by molar-refractivity contribution is 8.18. The molecule has 2 fully saturated rings. The van der Waals surface area contributed by atoms with Crippen LogP contribution in [0, 0.1) is 0 Å². The predicted molar refractivity (Wildman–Crippen MR) is 96.0 cm³/mol. The maximum Gasteiger partial charge on any atom is 0.410 e. The van der Waals surface area contributed by atoms with Crippen LogP contribution in [0.4, 0.5) is 4.79 Å². The van der Waals surface area contributed by atoms with E-state index in [-0.39, 0.29) is 16.7 Å². The van der Waals surface area contributed by atoms with Gasteiger partial charge in [-0.05, 0) is 23.5 Å². The van der Waals surface area contributed by atoms with E-state index in [1.807, 2.05) is 53.9 Å². The Morgan fingerprint density at radius 2 is 1.96 bits per heavy atom. The lowest BCUT2D eigenvalue weighted by Gasteiger charge is -2.31. The largest absolute Gasteiger partial charge is 0.467 e. The lowest BCUT2D eigenvalue weighted by Crippen LogP contribution is -2.41. The highest BCUT2D eigenvalue weighted by Crippen LogP contribution is 2.50. The number of methoxy groups -OCH3 is 1. The monoisotopic (exact) mass is 367 g/mol. The van der Waals surface area contributed by atoms with Gasteiger partial charge in [0.25, 0.3) is 0 Å². The van der Waals surface area contributed by atoms with Crippen LogP contribution >= 0.6 is 23.5 Å². The fourth-order valence-electron chi connectivity index (χ4n) is 3.01. The molecule has 5 nitrogen and oxygen atoms in total. The van der Waals surface area contributed by atoms with Crippen molar-refractivity contribution in [3.05, 3.63) is 35.9 Å². The molecule has 7 heteroatoms. The van der Waals surface area contributed by atoms with E-state index in [4.69, 9.17) is 9.47 Å². The molecule has 0 N–H and O–H groups in total. The van der Waals surface area contributed by atoms with Gasteiger partial charge in [0.05, 0.1) is 11.2 Å². The minimum Gasteiger partial charge on any atom is -0.467 e. The summed E-state index contributed by atoms with van der Waals surface area (Å²) >= 11 is 3.69. The summed E-state index contributed by atoms with van der Waals surface area (Å²) in [7, 11) is 1.36. The van der Waals surface area contributed by atoms with Gasteiger partial charge in [-0.15, -0.1) is 23.5 Å². The van der Waals surface area contributed by atoms with Crippen LogP contribution in [0.25, 0.3) is 0 Å². The molecule has 0 aliphatic carbocycles. The first-order chi connectivity index (χ1) is 11.6. The number of thioether (sulfide) groups is 2. The third kappa shape index (κ3) is 3.83. The van der Waals surface area contributed by atoms with Gasteiger partial charge >= 0.3 is 12.1 Å². The Kier molecular flexibility index (Phi) is 5.61. The second-order valence-corrected chi connectivity index (χ2v) is 9.09. The first-order valence-corrected chi connectivity index (χ1v) is 9.94. The van der Waals surface area contributed by atoms with E-state index in [1.54, 1.807) is 4.90 Å². The quantitative estimate of drug-likeness (QED) is 0.765. The summed E-state index contributed by atoms with van der Waals surface area (Å²) in [5.74, 6) is 1.76. The molecule has 1 amide bonds. The molecule has 2 aliphatic rings. The summed E-state index contributed by atoms with van der Waals surface area (Å²) in [5.41, 5.74) is 0.927. The summed E-state index contributed by atoms with van der Waals surface area (Å²) in [6.45, 7) is 0.729. The lowest BCUT2D eigenvalue weighted by molar-refractivity contribution is -0.145. The smallest absolute Gasteiger partial charge is 0.410 e. The number of carbonyl (C=O) groups is 2. The highest BCUT2D eigenvalue weighted by atomic mass is 32.2. The van der Waals surface area contributed by atoms with Gasteiger partial charge < -0.3 is 9.47 Å². The van der Waals surface area contributed by atoms with Crippen molar-refractivity contribution in [3.8, 4) is 0 Å². The Bertz CT molecular complexity index is 590. The van der Waals surface area contributed by atoms with Crippen molar-refractivity contribution in [1.29, 1.82) is 0 Å². The number of ether oxygens (including phenoxy) is 2. The number of benzene rings is 1. The minimum atomic E-state index is -0.559. The van der Waals surface area contributed by atoms with Gasteiger partial charge in [0.1, 0.15) is 12.6 Å². The molecular weight excluding hydrogens is 346 g/mol. The second kappa shape index (κ2) is 7.70. The first kappa shape index (κ1) is 17.5. The predicted octanol–water partition coefficient (Wildman–Crippen LogP) is 3.14. The minimum absolute atomic E-state index is 0.108. The third-order valence-electron chi connectivity index (χ3n) is 4.22. The molecule has 0 aromatic heterocycles. The zero-order valence-electron chi connectivity index (χ0n) is 13.6. The summed E-state index contributed by atoms with van der Waals surface area (Å²) in [6.07, 6.45) is 1.34. The third-order valence-corrected chi connectivity index (χ3v) is 7.56. The molecule has 24 heavy (non-hydrogen) atoms. The van der Waals surface area contributed by atoms with Gasteiger partial charge in [-0.25, -0.2) is 9.59 Å². The van der Waals surface area contributed by atoms with Crippen molar-refractivity contribution >= 4 is 35.6 Å². The Morgan fingerprint density at radius 1 is 1.25 bits per heavy atom. The fraction of sp³-hybridized carbons (Fsp3) is 0.529. The van der Waals surface area contributed by atoms with Crippen LogP contribution in [0.2, 0.25) is 0 Å². The van der Waals surface area contributed by atoms with E-state index in [2.05, 4.69) is 0 Å². The highest BCUT2D eigenvalue weighted by Gasteiger charge is 2.51. The van der Waals surface area contributed by atoms with Crippen LogP contribution in [-0.2, 0) is 20.9 Å². The fourth-order valence-corrected chi connectivity index (χ4v) is 6.36. The zero-order chi connectivity index (χ0) is 17.0. The maximum absolute atomic E-state index is 12.6. The van der Waals surface area contributed by atoms with Gasteiger partial charge in [-0.2, -0.15) is 0 Å². The van der Waals surface area contributed by atoms with Crippen molar-refractivity contribution in [1.82, 2.24) is 4.90 Å². The second-order valence-electron chi connectivity index (χ2n) is 5.87. The molecule has 0 bridgehead atoms. The number of likely N-dealkylation sites (tertiary alicyclic amines) is 1. The molecule has 0 saturated carbocycles. The van der Waals surface area contributed by atoms with Crippen LogP contribution in [-0.4, -0.2) is 52.2 Å². The molecule has 130 valence electrons. The van der Waals surface area contributed by atoms with Crippen molar-refractivity contribution < 1.29 is 19.1 Å². The molecule has 3 rings (SSSR count). The van der Waals surface area contributed by atoms with Gasteiger partial charge in [0.15, 0.2) is 0 Å². The summed E-state index contributed by atoms with van der Waals surface area (Å²) in [6, 6.07) is 8.98. The van der Waals surface area contributed by atoms with E-state index in [1.165, 1.54) is 13.5 Å². The summed E-state index contributed by atoms with van der Waals surface area (Å²) < 4.78 is 10.2. The lowest BCUT2D eigenvalue weighted by atomic mass is 10.2. The Hall–Kier alpha value is -1.34. The van der Waals surface area contributed by atoms with Gasteiger partial charge in [-0.3, -0.25) is 4.90 Å². The molecule has 0 unspecified atom stereocenters. The number of rotatable bonds is 3. The zero-order valence-corrected chi connectivity index (χ0v) is 15.2. The normalized spacial score (nSPS) is 22.4. The number of esters is 1. The van der Waals surface area contributed by atoms with Crippen molar-refractivity contribution in [2.24, 2.45) is 0 Å². The number of carbonyl (C=O) groups excluding carboxylic acids is 2. The van der Waals surface area contributed by atoms with Gasteiger partial charge in [0.2, 0.25) is 0 Å². The Balaban J connectivity index is 1.68. The van der Waals surface area contributed by atoms with Crippen LogP contribution < -0.4 is 0 Å². The van der Waals surface area contributed by atoms with Gasteiger partial charge in [-0.1, -0.05) is 30.3 Å². The number of nitrogens with zero attached hydrogens (tertiary/aromatic N) is 1. The van der Waals surface area contributed by atoms with E-state index >= 15 is 0 Å². The first-order valence-electron chi connectivity index (χ1n) is 7.97. The number of amides is 1. The molecular formula is C17H21NO4S2. The molecule has 1 aromatic rings. The van der Waals surface area contributed by atoms with E-state index in [0.29, 0.717) is 13.0 Å². The molecule has 1 spiro atoms. The average molecular weight is 367 g/mol. The molecule has 2 heterocycles. The average Bonchev–Trinajstić information content (AvgIpc) is 2.99. The van der Waals surface area contributed by atoms with E-state index in [0.717, 1.165) is 17.1 Å². The Labute approximate surface area is 150 Å². The van der Waals surface area contributed by atoms with Crippen molar-refractivity contribution in [2.45, 2.75) is 29.6 Å². The van der Waals surface area contributed by atoms with Crippen LogP contribution in [0.5, 0.6) is 0 Å². The van der Waals surface area contributed by atoms with E-state index in [9.17, 15) is 9.59 Å². The molecule has 2 aliphatic heterocycles. The molecule has 1 atom stereocenters. The molecule has 2 saturated heterocycles. The van der Waals surface area contributed by atoms with E-state index < -0.39 is 12.1 Å². The summed E-state index contributed by atoms with van der Waals surface area (Å²) in [4.78, 5) is 26.2. The van der Waals surface area contributed by atoms with Crippen LogP contribution in [0.1, 0.15) is 18.4 Å². The molecule has 1 aromatic carbocycles. The summed E-state index contributed by atoms with van der Waals surface area (Å²) in [5, 5.41) is 0. The van der Waals surface area contributed by atoms with Gasteiger partial charge in [0, 0.05) is 13.0 Å². The molecule has 0 radical (unpaired) electrons. The van der Waals surface area contributed by atoms with Crippen molar-refractivity contribution in [3.63, 3.8) is 0 Å². The van der Waals surface area contributed by atoms with Crippen LogP contribution in [0.15, 0.2) is 30.3 Å².